The van der Waals surface area contributed by atoms with Crippen LogP contribution in [0.4, 0.5) is 0 Å². The molecule has 0 bridgehead atoms. The van der Waals surface area contributed by atoms with Crippen molar-refractivity contribution in [2.75, 3.05) is 0 Å². The van der Waals surface area contributed by atoms with E-state index < -0.39 is 16.5 Å². The topological polar surface area (TPSA) is 60.2 Å². The maximum Gasteiger partial charge on any atom is 0.249 e. The minimum Gasteiger partial charge on any atom is -0.368 e. The summed E-state index contributed by atoms with van der Waals surface area (Å²) in [6, 6.07) is 0. The zero-order valence-corrected chi connectivity index (χ0v) is 5.24. The lowest BCUT2D eigenvalue weighted by atomic mass is 10.4. The Balaban J connectivity index is 3.83. The van der Waals surface area contributed by atoms with Crippen molar-refractivity contribution in [2.45, 2.75) is 5.38 Å². The van der Waals surface area contributed by atoms with E-state index in [0.29, 0.717) is 0 Å². The van der Waals surface area contributed by atoms with Crippen molar-refractivity contribution in [3.8, 4) is 0 Å². The van der Waals surface area contributed by atoms with Crippen LogP contribution in [-0.4, -0.2) is 16.5 Å². The summed E-state index contributed by atoms with van der Waals surface area (Å²) in [6.45, 7) is 0. The maximum absolute atomic E-state index is 9.93. The second-order valence-electron chi connectivity index (χ2n) is 1.07. The average molecular weight is 156 g/mol. The lowest BCUT2D eigenvalue weighted by Crippen LogP contribution is -2.28. The van der Waals surface area contributed by atoms with Crippen molar-refractivity contribution < 1.29 is 9.59 Å². The molecule has 8 heavy (non-hydrogen) atoms. The van der Waals surface area contributed by atoms with E-state index in [1.165, 1.54) is 0 Å². The van der Waals surface area contributed by atoms with E-state index in [1.807, 2.05) is 0 Å². The molecule has 1 amide bonds. The van der Waals surface area contributed by atoms with Crippen LogP contribution in [0.25, 0.3) is 0 Å². The molecule has 1 unspecified atom stereocenters. The number of carbonyl (C=O) groups is 2. The molecular weight excluding hydrogens is 153 g/mol. The highest BCUT2D eigenvalue weighted by Gasteiger charge is 2.17. The first-order valence-electron chi connectivity index (χ1n) is 1.68. The number of halogens is 2. The summed E-state index contributed by atoms with van der Waals surface area (Å²) in [7, 11) is 0. The second-order valence-corrected chi connectivity index (χ2v) is 1.88. The molecule has 0 aliphatic carbocycles. The Bertz CT molecular complexity index is 110. The lowest BCUT2D eigenvalue weighted by molar-refractivity contribution is -0.122. The lowest BCUT2D eigenvalue weighted by Gasteiger charge is -1.92. The molecule has 0 aromatic heterocycles. The van der Waals surface area contributed by atoms with E-state index in [9.17, 15) is 9.59 Å². The van der Waals surface area contributed by atoms with E-state index in [-0.39, 0.29) is 0 Å². The summed E-state index contributed by atoms with van der Waals surface area (Å²) < 4.78 is 0. The van der Waals surface area contributed by atoms with E-state index in [0.717, 1.165) is 0 Å². The van der Waals surface area contributed by atoms with Gasteiger partial charge in [0, 0.05) is 0 Å². The molecule has 0 aliphatic heterocycles. The first-order valence-corrected chi connectivity index (χ1v) is 2.50. The molecule has 46 valence electrons. The number of nitrogens with two attached hydrogens (primary N) is 1. The fourth-order valence-electron chi connectivity index (χ4n) is 0.112. The number of hydrogen-bond acceptors (Lipinski definition) is 2. The largest absolute Gasteiger partial charge is 0.368 e. The van der Waals surface area contributed by atoms with Crippen LogP contribution >= 0.6 is 23.2 Å². The van der Waals surface area contributed by atoms with Crippen LogP contribution in [-0.2, 0) is 9.59 Å². The van der Waals surface area contributed by atoms with Gasteiger partial charge in [0.15, 0.2) is 5.38 Å². The highest BCUT2D eigenvalue weighted by molar-refractivity contribution is 6.72. The molecule has 0 aromatic carbocycles. The minimum absolute atomic E-state index is 0.924. The number of rotatable bonds is 2. The minimum atomic E-state index is -1.39. The van der Waals surface area contributed by atoms with Crippen molar-refractivity contribution in [3.05, 3.63) is 0 Å². The average Bonchev–Trinajstić information content (AvgIpc) is 1.64. The van der Waals surface area contributed by atoms with E-state index in [1.54, 1.807) is 0 Å². The zero-order valence-electron chi connectivity index (χ0n) is 3.73. The molecule has 2 N–H and O–H groups in total. The molecule has 0 rings (SSSR count). The highest BCUT2D eigenvalue weighted by Crippen LogP contribution is 1.98. The van der Waals surface area contributed by atoms with Gasteiger partial charge < -0.3 is 5.73 Å². The second kappa shape index (κ2) is 2.89. The molecule has 0 spiro atoms. The summed E-state index contributed by atoms with van der Waals surface area (Å²) in [6.07, 6.45) is 0. The molecule has 0 aromatic rings. The third kappa shape index (κ3) is 2.14. The Kier molecular flexibility index (Phi) is 2.79. The van der Waals surface area contributed by atoms with Crippen molar-refractivity contribution in [2.24, 2.45) is 5.73 Å². The highest BCUT2D eigenvalue weighted by atomic mass is 35.5. The summed E-state index contributed by atoms with van der Waals surface area (Å²) >= 11 is 9.75. The Labute approximate surface area is 55.7 Å². The van der Waals surface area contributed by atoms with Crippen LogP contribution in [0.2, 0.25) is 0 Å². The van der Waals surface area contributed by atoms with Gasteiger partial charge in [-0.2, -0.15) is 0 Å². The molecule has 0 heterocycles. The molecular formula is C3H3Cl2NO2. The van der Waals surface area contributed by atoms with Crippen molar-refractivity contribution in [3.63, 3.8) is 0 Å². The molecule has 0 saturated heterocycles. The van der Waals surface area contributed by atoms with Crippen LogP contribution in [0.3, 0.4) is 0 Å². The SMILES string of the molecule is NC(=O)C(Cl)C(=O)Cl. The monoisotopic (exact) mass is 155 g/mol. The van der Waals surface area contributed by atoms with Gasteiger partial charge in [0.05, 0.1) is 0 Å². The summed E-state index contributed by atoms with van der Waals surface area (Å²) in [5, 5.41) is -2.34. The van der Waals surface area contributed by atoms with Crippen LogP contribution in [0.15, 0.2) is 0 Å². The van der Waals surface area contributed by atoms with Gasteiger partial charge in [-0.15, -0.1) is 11.6 Å². The molecule has 3 nitrogen and oxygen atoms in total. The molecule has 0 saturated carbocycles. The van der Waals surface area contributed by atoms with Crippen molar-refractivity contribution >= 4 is 34.4 Å². The van der Waals surface area contributed by atoms with Crippen LogP contribution < -0.4 is 5.73 Å². The van der Waals surface area contributed by atoms with Gasteiger partial charge in [-0.1, -0.05) is 0 Å². The third-order valence-corrected chi connectivity index (χ3v) is 1.19. The predicted octanol–water partition coefficient (Wildman–Crippen LogP) is -0.156. The van der Waals surface area contributed by atoms with Gasteiger partial charge in [-0.25, -0.2) is 0 Å². The van der Waals surface area contributed by atoms with E-state index in [2.05, 4.69) is 5.73 Å². The quantitative estimate of drug-likeness (QED) is 0.343. The van der Waals surface area contributed by atoms with Gasteiger partial charge >= 0.3 is 0 Å². The fourth-order valence-corrected chi connectivity index (χ4v) is 0.219. The Morgan fingerprint density at radius 1 is 1.50 bits per heavy atom. The first kappa shape index (κ1) is 7.72. The van der Waals surface area contributed by atoms with Crippen molar-refractivity contribution in [1.82, 2.24) is 0 Å². The normalized spacial score (nSPS) is 12.8. The molecule has 0 fully saturated rings. The first-order chi connectivity index (χ1) is 3.55. The van der Waals surface area contributed by atoms with E-state index >= 15 is 0 Å². The van der Waals surface area contributed by atoms with Gasteiger partial charge in [0.25, 0.3) is 0 Å². The van der Waals surface area contributed by atoms with Crippen molar-refractivity contribution in [1.29, 1.82) is 0 Å². The Morgan fingerprint density at radius 2 is 1.88 bits per heavy atom. The van der Waals surface area contributed by atoms with Crippen LogP contribution in [0, 0.1) is 0 Å². The van der Waals surface area contributed by atoms with Gasteiger partial charge in [0.1, 0.15) is 0 Å². The smallest absolute Gasteiger partial charge is 0.249 e. The predicted molar refractivity (Wildman–Crippen MR) is 29.7 cm³/mol. The molecule has 0 aliphatic rings. The van der Waals surface area contributed by atoms with Gasteiger partial charge in [0.2, 0.25) is 11.1 Å². The molecule has 0 radical (unpaired) electrons. The summed E-state index contributed by atoms with van der Waals surface area (Å²) in [4.78, 5) is 19.8. The fraction of sp³-hybridized carbons (Fsp3) is 0.333. The van der Waals surface area contributed by atoms with E-state index in [4.69, 9.17) is 23.2 Å². The number of hydrogen-bond donors (Lipinski definition) is 1. The third-order valence-electron chi connectivity index (χ3n) is 0.449. The number of amides is 1. The molecule has 5 heteroatoms. The Morgan fingerprint density at radius 3 is 1.88 bits per heavy atom. The summed E-state index contributed by atoms with van der Waals surface area (Å²) in [5.41, 5.74) is 4.56. The number of carbonyl (C=O) groups excluding carboxylic acids is 2. The van der Waals surface area contributed by atoms with Gasteiger partial charge in [-0.3, -0.25) is 9.59 Å². The molecule has 1 atom stereocenters. The van der Waals surface area contributed by atoms with Gasteiger partial charge in [-0.05, 0) is 11.6 Å². The standard InChI is InChI=1S/C3H3Cl2NO2/c4-1(2(5)7)3(6)8/h1H,(H2,6,8). The zero-order chi connectivity index (χ0) is 6.73. The number of alkyl halides is 1. The maximum atomic E-state index is 9.93. The van der Waals surface area contributed by atoms with Crippen LogP contribution in [0.1, 0.15) is 0 Å². The summed E-state index contributed by atoms with van der Waals surface area (Å²) in [5.74, 6) is -0.924. The number of primary amides is 1. The van der Waals surface area contributed by atoms with Crippen LogP contribution in [0.5, 0.6) is 0 Å². The Hall–Kier alpha value is -0.280.